The summed E-state index contributed by atoms with van der Waals surface area (Å²) in [5.41, 5.74) is 2.78. The Morgan fingerprint density at radius 3 is 2.54 bits per heavy atom. The van der Waals surface area contributed by atoms with Crippen molar-refractivity contribution in [3.05, 3.63) is 92.5 Å². The SMILES string of the molecule is CCOC(=O)c1[nH]c(C)c(C(O)=C2C(=O)C(=O)N(Cc3cccnc3)[C@H]2c2ccc(Br)cc2)c1C. The number of H-pyrrole nitrogens is 1. The molecule has 0 saturated carbocycles. The van der Waals surface area contributed by atoms with Gasteiger partial charge in [0.05, 0.1) is 18.2 Å². The lowest BCUT2D eigenvalue weighted by Gasteiger charge is -2.25. The number of halogens is 1. The number of esters is 1. The first-order valence-electron chi connectivity index (χ1n) is 11.0. The summed E-state index contributed by atoms with van der Waals surface area (Å²) >= 11 is 3.41. The van der Waals surface area contributed by atoms with Gasteiger partial charge in [-0.25, -0.2) is 4.79 Å². The van der Waals surface area contributed by atoms with Crippen LogP contribution in [0.5, 0.6) is 0 Å². The number of aromatic nitrogens is 2. The number of hydrogen-bond donors (Lipinski definition) is 2. The zero-order valence-corrected chi connectivity index (χ0v) is 21.0. The Kier molecular flexibility index (Phi) is 6.88. The molecule has 9 heteroatoms. The number of amides is 1. The summed E-state index contributed by atoms with van der Waals surface area (Å²) < 4.78 is 5.93. The maximum atomic E-state index is 13.3. The van der Waals surface area contributed by atoms with Gasteiger partial charge in [-0.1, -0.05) is 34.1 Å². The van der Waals surface area contributed by atoms with Crippen molar-refractivity contribution in [1.29, 1.82) is 0 Å². The van der Waals surface area contributed by atoms with Gasteiger partial charge in [-0.05, 0) is 55.7 Å². The monoisotopic (exact) mass is 537 g/mol. The molecule has 2 N–H and O–H groups in total. The lowest BCUT2D eigenvalue weighted by Crippen LogP contribution is -2.29. The van der Waals surface area contributed by atoms with Crippen LogP contribution in [0.15, 0.2) is 58.8 Å². The van der Waals surface area contributed by atoms with E-state index in [1.54, 1.807) is 51.4 Å². The Balaban J connectivity index is 1.89. The van der Waals surface area contributed by atoms with Crippen molar-refractivity contribution >= 4 is 39.3 Å². The van der Waals surface area contributed by atoms with Gasteiger partial charge in [-0.2, -0.15) is 0 Å². The number of nitrogens with zero attached hydrogens (tertiary/aromatic N) is 2. The normalized spacial score (nSPS) is 17.1. The van der Waals surface area contributed by atoms with E-state index in [9.17, 15) is 19.5 Å². The molecule has 0 bridgehead atoms. The minimum absolute atomic E-state index is 0.0400. The highest BCUT2D eigenvalue weighted by Gasteiger charge is 2.46. The van der Waals surface area contributed by atoms with Crippen molar-refractivity contribution in [2.24, 2.45) is 0 Å². The summed E-state index contributed by atoms with van der Waals surface area (Å²) in [4.78, 5) is 47.3. The minimum atomic E-state index is -0.831. The van der Waals surface area contributed by atoms with Crippen molar-refractivity contribution in [3.8, 4) is 0 Å². The zero-order chi connectivity index (χ0) is 25.3. The standard InChI is InChI=1S/C26H24BrN3O5/c1-4-35-26(34)21-14(2)19(15(3)29-21)23(31)20-22(17-7-9-18(27)10-8-17)30(25(33)24(20)32)13-16-6-5-11-28-12-16/h5-12,22,29,31H,4,13H2,1-3H3/t22-/m0/s1. The van der Waals surface area contributed by atoms with Crippen LogP contribution in [0.25, 0.3) is 5.76 Å². The van der Waals surface area contributed by atoms with Crippen LogP contribution in [0.2, 0.25) is 0 Å². The van der Waals surface area contributed by atoms with E-state index in [1.807, 2.05) is 18.2 Å². The van der Waals surface area contributed by atoms with E-state index in [0.29, 0.717) is 22.4 Å². The number of ether oxygens (including phenoxy) is 1. The number of carbonyl (C=O) groups is 3. The van der Waals surface area contributed by atoms with Gasteiger partial charge in [0.15, 0.2) is 0 Å². The van der Waals surface area contributed by atoms with Crippen LogP contribution in [-0.2, 0) is 20.9 Å². The molecule has 0 unspecified atom stereocenters. The first kappa shape index (κ1) is 24.4. The van der Waals surface area contributed by atoms with Gasteiger partial charge in [0.25, 0.3) is 11.7 Å². The predicted molar refractivity (Wildman–Crippen MR) is 132 cm³/mol. The quantitative estimate of drug-likeness (QED) is 0.206. The summed E-state index contributed by atoms with van der Waals surface area (Å²) in [5.74, 6) is -2.42. The summed E-state index contributed by atoms with van der Waals surface area (Å²) in [5, 5.41) is 11.5. The Morgan fingerprint density at radius 1 is 1.20 bits per heavy atom. The fourth-order valence-corrected chi connectivity index (χ4v) is 4.63. The molecule has 1 atom stereocenters. The fourth-order valence-electron chi connectivity index (χ4n) is 4.37. The van der Waals surface area contributed by atoms with Crippen LogP contribution in [0.4, 0.5) is 0 Å². The van der Waals surface area contributed by atoms with Crippen molar-refractivity contribution in [3.63, 3.8) is 0 Å². The summed E-state index contributed by atoms with van der Waals surface area (Å²) in [7, 11) is 0. The molecular formula is C26H24BrN3O5. The topological polar surface area (TPSA) is 113 Å². The average Bonchev–Trinajstić information content (AvgIpc) is 3.27. The molecule has 1 aliphatic rings. The van der Waals surface area contributed by atoms with Crippen LogP contribution in [0, 0.1) is 13.8 Å². The van der Waals surface area contributed by atoms with Gasteiger partial charge in [0.1, 0.15) is 11.5 Å². The number of hydrogen-bond acceptors (Lipinski definition) is 6. The second-order valence-electron chi connectivity index (χ2n) is 8.19. The number of aromatic amines is 1. The third-order valence-corrected chi connectivity index (χ3v) is 6.48. The Morgan fingerprint density at radius 2 is 1.91 bits per heavy atom. The second-order valence-corrected chi connectivity index (χ2v) is 9.10. The number of aliphatic hydroxyl groups excluding tert-OH is 1. The lowest BCUT2D eigenvalue weighted by atomic mass is 9.94. The largest absolute Gasteiger partial charge is 0.507 e. The molecule has 3 aromatic rings. The molecule has 0 radical (unpaired) electrons. The Labute approximate surface area is 210 Å². The maximum Gasteiger partial charge on any atom is 0.355 e. The van der Waals surface area contributed by atoms with Crippen molar-refractivity contribution in [2.45, 2.75) is 33.4 Å². The maximum absolute atomic E-state index is 13.3. The van der Waals surface area contributed by atoms with Crippen molar-refractivity contribution in [2.75, 3.05) is 6.61 Å². The minimum Gasteiger partial charge on any atom is -0.507 e. The van der Waals surface area contributed by atoms with E-state index in [2.05, 4.69) is 25.9 Å². The number of carbonyl (C=O) groups excluding carboxylic acids is 3. The van der Waals surface area contributed by atoms with Crippen LogP contribution in [-0.4, -0.2) is 44.2 Å². The number of aliphatic hydroxyl groups is 1. The molecule has 4 rings (SSSR count). The summed E-state index contributed by atoms with van der Waals surface area (Å²) in [6, 6.07) is 9.95. The highest BCUT2D eigenvalue weighted by molar-refractivity contribution is 9.10. The number of ketones is 1. The zero-order valence-electron chi connectivity index (χ0n) is 19.5. The van der Waals surface area contributed by atoms with E-state index in [1.165, 1.54) is 4.90 Å². The Hall–Kier alpha value is -3.72. The number of likely N-dealkylation sites (tertiary alicyclic amines) is 1. The number of pyridine rings is 1. The number of rotatable bonds is 6. The highest BCUT2D eigenvalue weighted by Crippen LogP contribution is 2.41. The fraction of sp³-hybridized carbons (Fsp3) is 0.231. The van der Waals surface area contributed by atoms with Gasteiger partial charge < -0.3 is 19.7 Å². The molecule has 1 fully saturated rings. The van der Waals surface area contributed by atoms with Crippen molar-refractivity contribution in [1.82, 2.24) is 14.9 Å². The van der Waals surface area contributed by atoms with Gasteiger partial charge in [0, 0.05) is 34.7 Å². The molecular weight excluding hydrogens is 514 g/mol. The number of nitrogens with one attached hydrogen (secondary N) is 1. The van der Waals surface area contributed by atoms with Crippen LogP contribution in [0.3, 0.4) is 0 Å². The molecule has 1 saturated heterocycles. The molecule has 0 spiro atoms. The van der Waals surface area contributed by atoms with Gasteiger partial charge in [0.2, 0.25) is 0 Å². The lowest BCUT2D eigenvalue weighted by molar-refractivity contribution is -0.140. The van der Waals surface area contributed by atoms with Gasteiger partial charge >= 0.3 is 5.97 Å². The number of aryl methyl sites for hydroxylation is 1. The molecule has 3 heterocycles. The van der Waals surface area contributed by atoms with Crippen LogP contribution >= 0.6 is 15.9 Å². The first-order chi connectivity index (χ1) is 16.7. The molecule has 1 aliphatic heterocycles. The molecule has 1 aromatic carbocycles. The van der Waals surface area contributed by atoms with Crippen LogP contribution in [0.1, 0.15) is 51.4 Å². The smallest absolute Gasteiger partial charge is 0.355 e. The van der Waals surface area contributed by atoms with Crippen LogP contribution < -0.4 is 0 Å². The van der Waals surface area contributed by atoms with E-state index in [-0.39, 0.29) is 30.2 Å². The van der Waals surface area contributed by atoms with E-state index in [0.717, 1.165) is 10.0 Å². The molecule has 2 aromatic heterocycles. The van der Waals surface area contributed by atoms with E-state index >= 15 is 0 Å². The van der Waals surface area contributed by atoms with Gasteiger partial charge in [-0.3, -0.25) is 14.6 Å². The first-order valence-corrected chi connectivity index (χ1v) is 11.8. The molecule has 180 valence electrons. The molecule has 35 heavy (non-hydrogen) atoms. The number of Topliss-reactive ketones (excluding diaryl/α,β-unsaturated/α-hetero) is 1. The summed E-state index contributed by atoms with van der Waals surface area (Å²) in [6.45, 7) is 5.37. The second kappa shape index (κ2) is 9.87. The van der Waals surface area contributed by atoms with E-state index in [4.69, 9.17) is 4.74 Å². The summed E-state index contributed by atoms with van der Waals surface area (Å²) in [6.07, 6.45) is 3.26. The average molecular weight is 538 g/mol. The highest BCUT2D eigenvalue weighted by atomic mass is 79.9. The van der Waals surface area contributed by atoms with Gasteiger partial charge in [-0.15, -0.1) is 0 Å². The van der Waals surface area contributed by atoms with E-state index < -0.39 is 23.7 Å². The third kappa shape index (κ3) is 4.51. The molecule has 8 nitrogen and oxygen atoms in total. The molecule has 0 aliphatic carbocycles. The van der Waals surface area contributed by atoms with Crippen molar-refractivity contribution < 1.29 is 24.2 Å². The Bertz CT molecular complexity index is 1330. The third-order valence-electron chi connectivity index (χ3n) is 5.96. The molecule has 1 amide bonds. The number of benzene rings is 1. The predicted octanol–water partition coefficient (Wildman–Crippen LogP) is 4.59.